The zero-order chi connectivity index (χ0) is 20.9. The molecule has 1 saturated heterocycles. The van der Waals surface area contributed by atoms with Crippen LogP contribution in [-0.2, 0) is 11.0 Å². The minimum absolute atomic E-state index is 0.0612. The number of rotatable bonds is 1. The van der Waals surface area contributed by atoms with Crippen LogP contribution in [0.15, 0.2) is 29.8 Å². The normalized spacial score (nSPS) is 24.2. The molecule has 1 heterocycles. The number of hydrogen-bond donors (Lipinski definition) is 0. The molecule has 1 amide bonds. The van der Waals surface area contributed by atoms with Gasteiger partial charge in [0.15, 0.2) is 5.78 Å². The SMILES string of the molecule is CC1(C)C[C@@]2(C=C(C#N)C1=O)CCN(C(=O)c1ccc(C(F)(F)F)c(F)c1)C2. The van der Waals surface area contributed by atoms with Gasteiger partial charge in [-0.2, -0.15) is 18.4 Å². The predicted molar refractivity (Wildman–Crippen MR) is 91.5 cm³/mol. The molecule has 2 aliphatic rings. The zero-order valence-corrected chi connectivity index (χ0v) is 15.4. The molecule has 1 fully saturated rings. The topological polar surface area (TPSA) is 61.2 Å². The molecule has 0 unspecified atom stereocenters. The highest BCUT2D eigenvalue weighted by Crippen LogP contribution is 2.48. The summed E-state index contributed by atoms with van der Waals surface area (Å²) in [5.41, 5.74) is -2.83. The molecule has 4 nitrogen and oxygen atoms in total. The number of carbonyl (C=O) groups is 2. The summed E-state index contributed by atoms with van der Waals surface area (Å²) in [6.45, 7) is 4.02. The largest absolute Gasteiger partial charge is 0.419 e. The van der Waals surface area contributed by atoms with Crippen molar-refractivity contribution in [2.45, 2.75) is 32.9 Å². The number of alkyl halides is 3. The Labute approximate surface area is 159 Å². The lowest BCUT2D eigenvalue weighted by Gasteiger charge is -2.38. The monoisotopic (exact) mass is 394 g/mol. The van der Waals surface area contributed by atoms with Gasteiger partial charge in [-0.3, -0.25) is 9.59 Å². The van der Waals surface area contributed by atoms with Crippen molar-refractivity contribution in [3.8, 4) is 6.07 Å². The van der Waals surface area contributed by atoms with Crippen LogP contribution in [0.4, 0.5) is 17.6 Å². The second-order valence-corrected chi connectivity index (χ2v) is 8.09. The minimum Gasteiger partial charge on any atom is -0.338 e. The maximum atomic E-state index is 13.8. The zero-order valence-electron chi connectivity index (χ0n) is 15.4. The van der Waals surface area contributed by atoms with E-state index < -0.39 is 34.3 Å². The maximum Gasteiger partial charge on any atom is 0.419 e. The minimum atomic E-state index is -4.83. The number of Topliss-reactive ketones (excluding diaryl/α,β-unsaturated/α-hetero) is 1. The van der Waals surface area contributed by atoms with Crippen molar-refractivity contribution in [2.75, 3.05) is 13.1 Å². The van der Waals surface area contributed by atoms with Crippen molar-refractivity contribution in [3.63, 3.8) is 0 Å². The molecular weight excluding hydrogens is 376 g/mol. The quantitative estimate of drug-likeness (QED) is 0.673. The van der Waals surface area contributed by atoms with E-state index in [1.165, 1.54) is 4.90 Å². The molecule has 1 atom stereocenters. The summed E-state index contributed by atoms with van der Waals surface area (Å²) >= 11 is 0. The third-order valence-electron chi connectivity index (χ3n) is 5.42. The first-order valence-corrected chi connectivity index (χ1v) is 8.72. The molecule has 1 spiro atoms. The van der Waals surface area contributed by atoms with Crippen LogP contribution in [0, 0.1) is 28.0 Å². The third kappa shape index (κ3) is 3.41. The van der Waals surface area contributed by atoms with E-state index in [0.29, 0.717) is 31.5 Å². The number of ketones is 1. The molecule has 1 aliphatic heterocycles. The smallest absolute Gasteiger partial charge is 0.338 e. The van der Waals surface area contributed by atoms with E-state index in [-0.39, 0.29) is 23.5 Å². The van der Waals surface area contributed by atoms with Gasteiger partial charge in [-0.05, 0) is 31.0 Å². The molecule has 1 aromatic carbocycles. The van der Waals surface area contributed by atoms with Gasteiger partial charge in [0.1, 0.15) is 11.9 Å². The summed E-state index contributed by atoms with van der Waals surface area (Å²) in [6, 6.07) is 4.04. The van der Waals surface area contributed by atoms with Crippen molar-refractivity contribution < 1.29 is 27.2 Å². The van der Waals surface area contributed by atoms with Crippen molar-refractivity contribution >= 4 is 11.7 Å². The summed E-state index contributed by atoms with van der Waals surface area (Å²) in [4.78, 5) is 26.4. The number of benzene rings is 1. The molecule has 1 aromatic rings. The molecule has 0 radical (unpaired) electrons. The second-order valence-electron chi connectivity index (χ2n) is 8.09. The van der Waals surface area contributed by atoms with Gasteiger partial charge in [0.25, 0.3) is 5.91 Å². The molecule has 0 bridgehead atoms. The molecule has 3 rings (SSSR count). The Morgan fingerprint density at radius 3 is 2.54 bits per heavy atom. The van der Waals surface area contributed by atoms with Gasteiger partial charge in [0.05, 0.1) is 11.1 Å². The third-order valence-corrected chi connectivity index (χ3v) is 5.42. The van der Waals surface area contributed by atoms with Crippen molar-refractivity contribution in [2.24, 2.45) is 10.8 Å². The average Bonchev–Trinajstić information content (AvgIpc) is 2.99. The Morgan fingerprint density at radius 1 is 1.29 bits per heavy atom. The average molecular weight is 394 g/mol. The standard InChI is InChI=1S/C20H18F4N2O2/c1-18(2)10-19(8-13(9-25)16(18)27)5-6-26(11-19)17(28)12-3-4-14(15(21)7-12)20(22,23)24/h3-4,7-8H,5-6,10-11H2,1-2H3/t19-/m0/s1. The second kappa shape index (κ2) is 6.43. The van der Waals surface area contributed by atoms with Gasteiger partial charge in [-0.1, -0.05) is 19.9 Å². The van der Waals surface area contributed by atoms with Gasteiger partial charge in [-0.25, -0.2) is 4.39 Å². The van der Waals surface area contributed by atoms with Crippen LogP contribution in [0.1, 0.15) is 42.6 Å². The summed E-state index contributed by atoms with van der Waals surface area (Å²) in [6.07, 6.45) is -2.25. The Bertz CT molecular complexity index is 927. The predicted octanol–water partition coefficient (Wildman–Crippen LogP) is 4.13. The van der Waals surface area contributed by atoms with Crippen LogP contribution in [0.25, 0.3) is 0 Å². The van der Waals surface area contributed by atoms with E-state index in [2.05, 4.69) is 0 Å². The van der Waals surface area contributed by atoms with Gasteiger partial charge < -0.3 is 4.90 Å². The van der Waals surface area contributed by atoms with Crippen molar-refractivity contribution in [1.29, 1.82) is 5.26 Å². The first-order chi connectivity index (χ1) is 12.9. The molecule has 1 aliphatic carbocycles. The van der Waals surface area contributed by atoms with E-state index >= 15 is 0 Å². The van der Waals surface area contributed by atoms with Crippen molar-refractivity contribution in [3.05, 3.63) is 46.8 Å². The van der Waals surface area contributed by atoms with Gasteiger partial charge >= 0.3 is 6.18 Å². The lowest BCUT2D eigenvalue weighted by atomic mass is 9.64. The first kappa shape index (κ1) is 20.1. The molecule has 0 aromatic heterocycles. The number of allylic oxidation sites excluding steroid dienone is 1. The van der Waals surface area contributed by atoms with Gasteiger partial charge in [0.2, 0.25) is 0 Å². The Morgan fingerprint density at radius 2 is 1.96 bits per heavy atom. The number of carbonyl (C=O) groups excluding carboxylic acids is 2. The van der Waals surface area contributed by atoms with Crippen molar-refractivity contribution in [1.82, 2.24) is 4.90 Å². The molecule has 0 saturated carbocycles. The van der Waals surface area contributed by atoms with E-state index in [1.807, 2.05) is 6.07 Å². The Hall–Kier alpha value is -2.69. The fourth-order valence-electron chi connectivity index (χ4n) is 4.22. The number of nitriles is 1. The van der Waals surface area contributed by atoms with Crippen LogP contribution in [0.5, 0.6) is 0 Å². The number of likely N-dealkylation sites (tertiary alicyclic amines) is 1. The van der Waals surface area contributed by atoms with Gasteiger partial charge in [0, 0.05) is 29.5 Å². The van der Waals surface area contributed by atoms with Crippen LogP contribution >= 0.6 is 0 Å². The summed E-state index contributed by atoms with van der Waals surface area (Å²) in [5, 5.41) is 9.26. The molecule has 0 N–H and O–H groups in total. The summed E-state index contributed by atoms with van der Waals surface area (Å²) < 4.78 is 51.9. The Balaban J connectivity index is 1.85. The van der Waals surface area contributed by atoms with E-state index in [0.717, 1.165) is 6.07 Å². The van der Waals surface area contributed by atoms with E-state index in [1.54, 1.807) is 19.9 Å². The highest BCUT2D eigenvalue weighted by molar-refractivity contribution is 6.03. The van der Waals surface area contributed by atoms with Crippen LogP contribution < -0.4 is 0 Å². The number of halogens is 4. The molecule has 148 valence electrons. The number of hydrogen-bond acceptors (Lipinski definition) is 3. The summed E-state index contributed by atoms with van der Waals surface area (Å²) in [7, 11) is 0. The molecule has 28 heavy (non-hydrogen) atoms. The number of nitrogens with zero attached hydrogens (tertiary/aromatic N) is 2. The molecular formula is C20H18F4N2O2. The van der Waals surface area contributed by atoms with Crippen LogP contribution in [0.2, 0.25) is 0 Å². The highest BCUT2D eigenvalue weighted by atomic mass is 19.4. The first-order valence-electron chi connectivity index (χ1n) is 8.72. The summed E-state index contributed by atoms with van der Waals surface area (Å²) in [5.74, 6) is -2.32. The van der Waals surface area contributed by atoms with Crippen LogP contribution in [-0.4, -0.2) is 29.7 Å². The fourth-order valence-corrected chi connectivity index (χ4v) is 4.22. The van der Waals surface area contributed by atoms with E-state index in [9.17, 15) is 32.4 Å². The highest BCUT2D eigenvalue weighted by Gasteiger charge is 2.49. The maximum absolute atomic E-state index is 13.8. The number of amides is 1. The fraction of sp³-hybridized carbons (Fsp3) is 0.450. The van der Waals surface area contributed by atoms with Crippen LogP contribution in [0.3, 0.4) is 0 Å². The molecule has 8 heteroatoms. The van der Waals surface area contributed by atoms with E-state index in [4.69, 9.17) is 0 Å². The lowest BCUT2D eigenvalue weighted by molar-refractivity contribution is -0.140. The Kier molecular flexibility index (Phi) is 4.61. The lowest BCUT2D eigenvalue weighted by Crippen LogP contribution is -2.40. The van der Waals surface area contributed by atoms with Gasteiger partial charge in [-0.15, -0.1) is 0 Å².